The Morgan fingerprint density at radius 1 is 0.744 bits per heavy atom. The molecule has 3 aromatic rings. The van der Waals surface area contributed by atoms with Gasteiger partial charge in [0.1, 0.15) is 0 Å². The zero-order chi connectivity index (χ0) is 30.8. The Balaban J connectivity index is 1.32. The Labute approximate surface area is 251 Å². The van der Waals surface area contributed by atoms with Crippen molar-refractivity contribution >= 4 is 5.97 Å². The Morgan fingerprint density at radius 3 is 1.95 bits per heavy atom. The van der Waals surface area contributed by atoms with Gasteiger partial charge in [-0.2, -0.15) is 4.39 Å². The molecule has 4 nitrogen and oxygen atoms in total. The second-order valence-electron chi connectivity index (χ2n) is 11.1. The third kappa shape index (κ3) is 8.37. The van der Waals surface area contributed by atoms with Crippen molar-refractivity contribution in [2.45, 2.75) is 84.3 Å². The zero-order valence-corrected chi connectivity index (χ0v) is 24.9. The Hall–Kier alpha value is -3.39. The fourth-order valence-corrected chi connectivity index (χ4v) is 5.46. The van der Waals surface area contributed by atoms with Crippen LogP contribution in [0.3, 0.4) is 0 Å². The molecule has 1 fully saturated rings. The summed E-state index contributed by atoms with van der Waals surface area (Å²) in [6.07, 6.45) is 10.4. The molecule has 0 radical (unpaired) electrons. The smallest absolute Gasteiger partial charge is 0.343 e. The van der Waals surface area contributed by atoms with Crippen LogP contribution >= 0.6 is 0 Å². The number of halogens is 4. The number of carbonyl (C=O) groups excluding carboxylic acids is 1. The predicted octanol–water partition coefficient (Wildman–Crippen LogP) is 10.0. The lowest BCUT2D eigenvalue weighted by molar-refractivity contribution is -0.146. The van der Waals surface area contributed by atoms with Crippen LogP contribution in [0.2, 0.25) is 0 Å². The van der Waals surface area contributed by atoms with Gasteiger partial charge in [-0.15, -0.1) is 0 Å². The van der Waals surface area contributed by atoms with Gasteiger partial charge in [-0.1, -0.05) is 82.2 Å². The topological polar surface area (TPSA) is 44.8 Å². The first-order valence-corrected chi connectivity index (χ1v) is 15.4. The van der Waals surface area contributed by atoms with E-state index in [9.17, 15) is 13.6 Å². The van der Waals surface area contributed by atoms with E-state index < -0.39 is 41.1 Å². The lowest BCUT2D eigenvalue weighted by atomic mass is 9.94. The fraction of sp³-hybridized carbons (Fsp3) is 0.457. The van der Waals surface area contributed by atoms with Crippen molar-refractivity contribution in [2.24, 2.45) is 5.92 Å². The third-order valence-electron chi connectivity index (χ3n) is 7.94. The minimum atomic E-state index is -1.32. The standard InChI is InChI=1S/C35H40F4O4/c1-3-5-6-7-8-9-10-11-23-12-21-30(42-22-23)43-35(40)28-18-17-26(31(36)33(28)38)24-13-15-25(16-14-24)27-19-20-29(41-4-2)34(39)32(27)37/h13-20,23,30H,3-12,21-22H2,1-2H3. The summed E-state index contributed by atoms with van der Waals surface area (Å²) in [6.45, 7) is 4.55. The van der Waals surface area contributed by atoms with E-state index in [-0.39, 0.29) is 23.5 Å². The molecule has 1 saturated heterocycles. The number of carbonyl (C=O) groups is 1. The van der Waals surface area contributed by atoms with Gasteiger partial charge in [0, 0.05) is 17.5 Å². The van der Waals surface area contributed by atoms with Crippen LogP contribution in [0.25, 0.3) is 22.3 Å². The average molecular weight is 601 g/mol. The van der Waals surface area contributed by atoms with Gasteiger partial charge >= 0.3 is 5.97 Å². The van der Waals surface area contributed by atoms with E-state index in [4.69, 9.17) is 14.2 Å². The van der Waals surface area contributed by atoms with E-state index in [1.54, 1.807) is 6.92 Å². The quantitative estimate of drug-likeness (QED) is 0.105. The maximum atomic E-state index is 15.1. The highest BCUT2D eigenvalue weighted by Gasteiger charge is 2.27. The zero-order valence-electron chi connectivity index (χ0n) is 24.9. The van der Waals surface area contributed by atoms with Gasteiger partial charge in [-0.25, -0.2) is 18.0 Å². The number of benzene rings is 3. The minimum Gasteiger partial charge on any atom is -0.491 e. The molecular weight excluding hydrogens is 560 g/mol. The summed E-state index contributed by atoms with van der Waals surface area (Å²) in [5, 5.41) is 0. The lowest BCUT2D eigenvalue weighted by Crippen LogP contribution is -2.30. The molecule has 1 aliphatic rings. The first-order valence-electron chi connectivity index (χ1n) is 15.4. The Bertz CT molecular complexity index is 1350. The molecule has 2 unspecified atom stereocenters. The van der Waals surface area contributed by atoms with Crippen molar-refractivity contribution < 1.29 is 36.6 Å². The summed E-state index contributed by atoms with van der Waals surface area (Å²) in [7, 11) is 0. The molecule has 0 aliphatic carbocycles. The number of esters is 1. The molecule has 4 rings (SSSR count). The van der Waals surface area contributed by atoms with Gasteiger partial charge in [0.2, 0.25) is 12.1 Å². The highest BCUT2D eigenvalue weighted by atomic mass is 19.2. The van der Waals surface area contributed by atoms with Gasteiger partial charge in [0.15, 0.2) is 23.2 Å². The van der Waals surface area contributed by atoms with Crippen LogP contribution < -0.4 is 4.74 Å². The van der Waals surface area contributed by atoms with Crippen molar-refractivity contribution in [3.63, 3.8) is 0 Å². The van der Waals surface area contributed by atoms with Crippen LogP contribution in [0.5, 0.6) is 5.75 Å². The van der Waals surface area contributed by atoms with Gasteiger partial charge in [0.05, 0.1) is 18.8 Å². The van der Waals surface area contributed by atoms with Crippen molar-refractivity contribution in [1.82, 2.24) is 0 Å². The number of rotatable bonds is 14. The van der Waals surface area contributed by atoms with Gasteiger partial charge < -0.3 is 14.2 Å². The summed E-state index contributed by atoms with van der Waals surface area (Å²) in [6, 6.07) is 11.1. The molecule has 1 aliphatic heterocycles. The molecule has 0 aromatic heterocycles. The number of hydrogen-bond acceptors (Lipinski definition) is 4. The molecule has 3 aromatic carbocycles. The van der Waals surface area contributed by atoms with Gasteiger partial charge in [0.25, 0.3) is 0 Å². The number of hydrogen-bond donors (Lipinski definition) is 0. The SMILES string of the molecule is CCCCCCCCCC1CCC(OC(=O)c2ccc(-c3ccc(-c4ccc(OCC)c(F)c4F)cc3)c(F)c2F)OC1. The maximum absolute atomic E-state index is 15.1. The summed E-state index contributed by atoms with van der Waals surface area (Å²) < 4.78 is 75.2. The van der Waals surface area contributed by atoms with E-state index in [0.717, 1.165) is 19.3 Å². The van der Waals surface area contributed by atoms with E-state index in [1.165, 1.54) is 87.1 Å². The molecular formula is C35H40F4O4. The number of ether oxygens (including phenoxy) is 3. The van der Waals surface area contributed by atoms with Gasteiger partial charge in [-0.05, 0) is 55.0 Å². The highest BCUT2D eigenvalue weighted by molar-refractivity contribution is 5.90. The minimum absolute atomic E-state index is 0.00584. The van der Waals surface area contributed by atoms with Crippen LogP contribution in [0.15, 0.2) is 48.5 Å². The fourth-order valence-electron chi connectivity index (χ4n) is 5.46. The summed E-state index contributed by atoms with van der Waals surface area (Å²) >= 11 is 0. The monoisotopic (exact) mass is 600 g/mol. The summed E-state index contributed by atoms with van der Waals surface area (Å²) in [5.74, 6) is -5.45. The normalized spacial score (nSPS) is 16.7. The van der Waals surface area contributed by atoms with E-state index in [0.29, 0.717) is 30.1 Å². The Morgan fingerprint density at radius 2 is 1.35 bits per heavy atom. The van der Waals surface area contributed by atoms with Gasteiger partial charge in [-0.3, -0.25) is 0 Å². The maximum Gasteiger partial charge on any atom is 0.343 e. The van der Waals surface area contributed by atoms with E-state index in [2.05, 4.69) is 6.92 Å². The highest BCUT2D eigenvalue weighted by Crippen LogP contribution is 2.33. The lowest BCUT2D eigenvalue weighted by Gasteiger charge is -2.28. The molecule has 0 N–H and O–H groups in total. The predicted molar refractivity (Wildman–Crippen MR) is 159 cm³/mol. The summed E-state index contributed by atoms with van der Waals surface area (Å²) in [4.78, 5) is 12.7. The molecule has 0 amide bonds. The largest absolute Gasteiger partial charge is 0.491 e. The van der Waals surface area contributed by atoms with Crippen LogP contribution in [0.1, 0.15) is 88.4 Å². The second kappa shape index (κ2) is 15.9. The molecule has 0 saturated carbocycles. The van der Waals surface area contributed by atoms with Crippen molar-refractivity contribution in [3.8, 4) is 28.0 Å². The van der Waals surface area contributed by atoms with Crippen LogP contribution in [0.4, 0.5) is 17.6 Å². The van der Waals surface area contributed by atoms with Crippen molar-refractivity contribution in [2.75, 3.05) is 13.2 Å². The molecule has 1 heterocycles. The average Bonchev–Trinajstić information content (AvgIpc) is 3.01. The van der Waals surface area contributed by atoms with Crippen molar-refractivity contribution in [1.29, 1.82) is 0 Å². The van der Waals surface area contributed by atoms with E-state index in [1.807, 2.05) is 0 Å². The van der Waals surface area contributed by atoms with Crippen molar-refractivity contribution in [3.05, 3.63) is 77.4 Å². The number of unbranched alkanes of at least 4 members (excludes halogenated alkanes) is 6. The van der Waals surface area contributed by atoms with Crippen LogP contribution in [-0.4, -0.2) is 25.5 Å². The second-order valence-corrected chi connectivity index (χ2v) is 11.1. The van der Waals surface area contributed by atoms with Crippen LogP contribution in [0, 0.1) is 29.2 Å². The molecule has 43 heavy (non-hydrogen) atoms. The van der Waals surface area contributed by atoms with Crippen LogP contribution in [-0.2, 0) is 9.47 Å². The first-order chi connectivity index (χ1) is 20.8. The molecule has 2 atom stereocenters. The molecule has 232 valence electrons. The molecule has 0 spiro atoms. The first kappa shape index (κ1) is 32.5. The van der Waals surface area contributed by atoms with E-state index >= 15 is 8.78 Å². The molecule has 8 heteroatoms. The third-order valence-corrected chi connectivity index (χ3v) is 7.94. The Kier molecular flexibility index (Phi) is 12.0. The summed E-state index contributed by atoms with van der Waals surface area (Å²) in [5.41, 5.74) is 0.0573. The molecule has 0 bridgehead atoms.